The van der Waals surface area contributed by atoms with E-state index in [0.717, 1.165) is 12.1 Å². The normalized spacial score (nSPS) is 14.2. The Morgan fingerprint density at radius 2 is 1.80 bits per heavy atom. The molecule has 1 aliphatic rings. The number of carbonyl (C=O) groups excluding carboxylic acids is 1. The van der Waals surface area contributed by atoms with Crippen LogP contribution in [0.1, 0.15) is 40.8 Å². The summed E-state index contributed by atoms with van der Waals surface area (Å²) in [4.78, 5) is 27.9. The second-order valence-corrected chi connectivity index (χ2v) is 9.69. The number of anilines is 2. The lowest BCUT2D eigenvalue weighted by molar-refractivity contribution is -0.696. The Balaban J connectivity index is 0.00000442. The average Bonchev–Trinajstić information content (AvgIpc) is 3.39. The quantitative estimate of drug-likeness (QED) is 0.241. The molecule has 44 heavy (non-hydrogen) atoms. The van der Waals surface area contributed by atoms with Crippen LogP contribution in [0.2, 0.25) is 0 Å². The summed E-state index contributed by atoms with van der Waals surface area (Å²) in [6.45, 7) is 1.97. The molecule has 0 saturated heterocycles. The topological polar surface area (TPSA) is 132 Å². The summed E-state index contributed by atoms with van der Waals surface area (Å²) in [7, 11) is 1.17. The molecule has 0 bridgehead atoms. The number of pyridine rings is 1. The van der Waals surface area contributed by atoms with E-state index in [1.165, 1.54) is 35.6 Å². The maximum Gasteiger partial charge on any atom is 0.416 e. The molecule has 0 spiro atoms. The maximum absolute atomic E-state index is 13.6. The van der Waals surface area contributed by atoms with E-state index in [1.54, 1.807) is 42.7 Å². The molecule has 3 heterocycles. The van der Waals surface area contributed by atoms with E-state index in [2.05, 4.69) is 22.3 Å². The van der Waals surface area contributed by atoms with Gasteiger partial charge in [-0.2, -0.15) is 23.7 Å². The third kappa shape index (κ3) is 5.85. The molecule has 0 saturated carbocycles. The van der Waals surface area contributed by atoms with Crippen LogP contribution in [0.4, 0.5) is 24.8 Å². The summed E-state index contributed by atoms with van der Waals surface area (Å²) in [5, 5.41) is 25.2. The molecule has 0 fully saturated rings. The summed E-state index contributed by atoms with van der Waals surface area (Å²) in [5.41, 5.74) is 0.609. The molecule has 0 radical (unpaired) electrons. The van der Waals surface area contributed by atoms with Crippen molar-refractivity contribution in [2.45, 2.75) is 32.1 Å². The number of ether oxygens (including phenoxy) is 1. The zero-order chi connectivity index (χ0) is 30.9. The number of nitrogens with one attached hydrogen (secondary N) is 1. The number of methoxy groups -OCH3 is 1. The molecule has 5 rings (SSSR count). The molecule has 1 atom stereocenters. The summed E-state index contributed by atoms with van der Waals surface area (Å²) in [6, 6.07) is 15.7. The van der Waals surface area contributed by atoms with Crippen LogP contribution >= 0.6 is 0 Å². The minimum atomic E-state index is -4.63. The molecule has 1 unspecified atom stereocenters. The van der Waals surface area contributed by atoms with Gasteiger partial charge in [-0.25, -0.2) is 23.8 Å². The molecule has 224 valence electrons. The number of hydrogen-bond donors (Lipinski definition) is 1. The van der Waals surface area contributed by atoms with E-state index in [1.807, 2.05) is 4.57 Å². The highest BCUT2D eigenvalue weighted by atomic mass is 79.9. The molecular weight excluding hydrogens is 643 g/mol. The number of rotatable bonds is 6. The molecule has 1 aliphatic heterocycles. The van der Waals surface area contributed by atoms with Crippen LogP contribution in [0.25, 0.3) is 0 Å². The Kier molecular flexibility index (Phi) is 9.06. The number of aromatic amines is 1. The monoisotopic (exact) mass is 665 g/mol. The van der Waals surface area contributed by atoms with Gasteiger partial charge in [-0.05, 0) is 48.4 Å². The zero-order valence-corrected chi connectivity index (χ0v) is 24.8. The zero-order valence-electron chi connectivity index (χ0n) is 23.3. The van der Waals surface area contributed by atoms with Gasteiger partial charge >= 0.3 is 17.8 Å². The van der Waals surface area contributed by atoms with Crippen molar-refractivity contribution < 1.29 is 44.3 Å². The number of H-pyrrole nitrogens is 1. The number of hydrogen-bond acceptors (Lipinski definition) is 7. The van der Waals surface area contributed by atoms with Crippen molar-refractivity contribution in [1.29, 1.82) is 10.5 Å². The van der Waals surface area contributed by atoms with Crippen molar-refractivity contribution in [1.82, 2.24) is 14.8 Å². The lowest BCUT2D eigenvalue weighted by atomic mass is 9.89. The molecule has 4 aromatic rings. The fraction of sp³-hybridized carbons (Fsp3) is 0.200. The number of nitriles is 2. The maximum atomic E-state index is 13.6. The first-order valence-electron chi connectivity index (χ1n) is 12.9. The van der Waals surface area contributed by atoms with Crippen LogP contribution in [-0.2, 0) is 28.7 Å². The molecule has 10 nitrogen and oxygen atoms in total. The third-order valence-corrected chi connectivity index (χ3v) is 7.21. The van der Waals surface area contributed by atoms with Gasteiger partial charge in [0.05, 0.1) is 41.5 Å². The predicted octanol–water partition coefficient (Wildman–Crippen LogP) is 1.06. The summed E-state index contributed by atoms with van der Waals surface area (Å²) in [5.74, 6) is -0.828. The van der Waals surface area contributed by atoms with Crippen LogP contribution in [0.15, 0.2) is 83.1 Å². The minimum Gasteiger partial charge on any atom is -1.00 e. The molecule has 0 amide bonds. The van der Waals surface area contributed by atoms with Crippen molar-refractivity contribution >= 4 is 17.6 Å². The molecular formula is C30H23BrF3N7O3. The standard InChI is InChI=1S/C30H22F3N7O3.BrH/c1-18-25(27(41)43-2)26(24-7-6-20(17-35)14-21(24)10-13-38-11-8-19(16-34)9-12-38)40-28(36-37-29(40)42)39(18)23-5-3-4-22(15-23)30(31,32)33;/h3-9,11-12,14-15,26H,10,13H2,1-2H3;1H. The molecule has 1 N–H and O–H groups in total. The smallest absolute Gasteiger partial charge is 0.416 e. The van der Waals surface area contributed by atoms with E-state index in [9.17, 15) is 28.0 Å². The van der Waals surface area contributed by atoms with Gasteiger partial charge in [0.2, 0.25) is 5.95 Å². The lowest BCUT2D eigenvalue weighted by Crippen LogP contribution is -3.00. The number of aryl methyl sites for hydroxylation is 2. The Bertz CT molecular complexity index is 1900. The fourth-order valence-corrected chi connectivity index (χ4v) is 5.17. The number of benzene rings is 2. The highest BCUT2D eigenvalue weighted by Gasteiger charge is 2.41. The predicted molar refractivity (Wildman–Crippen MR) is 145 cm³/mol. The van der Waals surface area contributed by atoms with Crippen molar-refractivity contribution in [2.75, 3.05) is 12.0 Å². The average molecular weight is 666 g/mol. The Morgan fingerprint density at radius 3 is 2.43 bits per heavy atom. The second-order valence-electron chi connectivity index (χ2n) is 9.69. The number of esters is 1. The van der Waals surface area contributed by atoms with Crippen LogP contribution in [0.5, 0.6) is 0 Å². The summed E-state index contributed by atoms with van der Waals surface area (Å²) in [6.07, 6.45) is -0.789. The van der Waals surface area contributed by atoms with Gasteiger partial charge < -0.3 is 21.7 Å². The van der Waals surface area contributed by atoms with E-state index in [0.29, 0.717) is 35.2 Å². The number of fused-ring (bicyclic) bond motifs is 1. The number of allylic oxidation sites excluding steroid dienone is 1. The Morgan fingerprint density at radius 1 is 1.09 bits per heavy atom. The van der Waals surface area contributed by atoms with Crippen LogP contribution in [-0.4, -0.2) is 27.8 Å². The van der Waals surface area contributed by atoms with Crippen molar-refractivity contribution in [3.63, 3.8) is 0 Å². The summed E-state index contributed by atoms with van der Waals surface area (Å²) < 4.78 is 48.9. The van der Waals surface area contributed by atoms with Crippen LogP contribution in [0, 0.1) is 22.7 Å². The highest BCUT2D eigenvalue weighted by Crippen LogP contribution is 2.43. The number of halogens is 4. The van der Waals surface area contributed by atoms with Gasteiger partial charge in [0.25, 0.3) is 0 Å². The number of alkyl halides is 3. The van der Waals surface area contributed by atoms with Gasteiger partial charge in [-0.1, -0.05) is 12.1 Å². The van der Waals surface area contributed by atoms with E-state index in [4.69, 9.17) is 10.00 Å². The second kappa shape index (κ2) is 12.6. The SMILES string of the molecule is COC(=O)C1=C(C)N(c2cccc(C(F)(F)F)c2)c2n[nH]c(=O)n2C1c1ccc(C#N)cc1CC[n+]1ccc(C#N)cc1.[Br-]. The molecule has 2 aromatic carbocycles. The van der Waals surface area contributed by atoms with Gasteiger partial charge in [0.15, 0.2) is 18.9 Å². The molecule has 0 aliphatic carbocycles. The Hall–Kier alpha value is -5.21. The fourth-order valence-electron chi connectivity index (χ4n) is 5.17. The van der Waals surface area contributed by atoms with Crippen molar-refractivity contribution in [3.8, 4) is 12.1 Å². The third-order valence-electron chi connectivity index (χ3n) is 7.21. The number of nitrogens with zero attached hydrogens (tertiary/aromatic N) is 6. The first-order chi connectivity index (χ1) is 20.6. The minimum absolute atomic E-state index is 0. The largest absolute Gasteiger partial charge is 1.00 e. The van der Waals surface area contributed by atoms with Gasteiger partial charge in [0, 0.05) is 29.9 Å². The van der Waals surface area contributed by atoms with Crippen molar-refractivity contribution in [2.24, 2.45) is 0 Å². The highest BCUT2D eigenvalue weighted by molar-refractivity contribution is 5.93. The van der Waals surface area contributed by atoms with E-state index in [-0.39, 0.29) is 39.9 Å². The first-order valence-corrected chi connectivity index (χ1v) is 12.9. The number of carbonyl (C=O) groups is 1. The summed E-state index contributed by atoms with van der Waals surface area (Å²) >= 11 is 0. The lowest BCUT2D eigenvalue weighted by Gasteiger charge is -2.36. The van der Waals surface area contributed by atoms with Crippen molar-refractivity contribution in [3.05, 3.63) is 117 Å². The van der Waals surface area contributed by atoms with Crippen LogP contribution < -0.4 is 32.1 Å². The van der Waals surface area contributed by atoms with E-state index >= 15 is 0 Å². The first kappa shape index (κ1) is 31.7. The Labute approximate surface area is 259 Å². The van der Waals surface area contributed by atoms with Gasteiger partial charge in [-0.15, -0.1) is 5.10 Å². The van der Waals surface area contributed by atoms with Crippen LogP contribution in [0.3, 0.4) is 0 Å². The van der Waals surface area contributed by atoms with E-state index < -0.39 is 29.4 Å². The molecule has 2 aromatic heterocycles. The van der Waals surface area contributed by atoms with Gasteiger partial charge in [0.1, 0.15) is 6.04 Å². The van der Waals surface area contributed by atoms with Gasteiger partial charge in [-0.3, -0.25) is 4.90 Å². The molecule has 14 heteroatoms. The number of aromatic nitrogens is 4.